The molecule has 0 fully saturated rings. The van der Waals surface area contributed by atoms with Crippen LogP contribution in [0.2, 0.25) is 0 Å². The first-order chi connectivity index (χ1) is 8.99. The zero-order valence-corrected chi connectivity index (χ0v) is 11.3. The van der Waals surface area contributed by atoms with E-state index in [2.05, 4.69) is 5.32 Å². The topological polar surface area (TPSA) is 69.6 Å². The number of rotatable bonds is 7. The summed E-state index contributed by atoms with van der Waals surface area (Å²) in [5.74, 6) is -1.09. The summed E-state index contributed by atoms with van der Waals surface area (Å²) in [4.78, 5) is 24.1. The molecule has 2 N–H and O–H groups in total. The zero-order valence-electron chi connectivity index (χ0n) is 11.3. The average Bonchev–Trinajstić information content (AvgIpc) is 2.36. The molecular weight excluding hydrogens is 244 g/mol. The van der Waals surface area contributed by atoms with E-state index in [1.54, 1.807) is 4.90 Å². The van der Waals surface area contributed by atoms with E-state index in [1.165, 1.54) is 0 Å². The smallest absolute Gasteiger partial charge is 0.317 e. The number of nitrogens with zero attached hydrogens (tertiary/aromatic N) is 1. The first kappa shape index (κ1) is 15.2. The summed E-state index contributed by atoms with van der Waals surface area (Å²) in [7, 11) is 0. The maximum Gasteiger partial charge on any atom is 0.317 e. The van der Waals surface area contributed by atoms with Gasteiger partial charge in [-0.2, -0.15) is 0 Å². The van der Waals surface area contributed by atoms with Crippen LogP contribution in [0.15, 0.2) is 30.3 Å². The monoisotopic (exact) mass is 264 g/mol. The zero-order chi connectivity index (χ0) is 14.3. The number of hydrogen-bond donors (Lipinski definition) is 2. The molecule has 19 heavy (non-hydrogen) atoms. The molecule has 1 aromatic rings. The highest BCUT2D eigenvalue weighted by Crippen LogP contribution is 1.99. The molecule has 0 aliphatic rings. The third-order valence-corrected chi connectivity index (χ3v) is 2.75. The summed E-state index contributed by atoms with van der Waals surface area (Å²) in [6.45, 7) is 4.16. The lowest BCUT2D eigenvalue weighted by Crippen LogP contribution is -2.43. The fraction of sp³-hybridized carbons (Fsp3) is 0.429. The fourth-order valence-corrected chi connectivity index (χ4v) is 1.63. The Morgan fingerprint density at radius 3 is 2.37 bits per heavy atom. The number of carboxylic acid groups (broad SMARTS) is 1. The second-order valence-corrected chi connectivity index (χ2v) is 4.65. The van der Waals surface area contributed by atoms with Crippen molar-refractivity contribution in [2.75, 3.05) is 13.1 Å². The van der Waals surface area contributed by atoms with E-state index in [0.29, 0.717) is 6.54 Å². The molecule has 1 amide bonds. The van der Waals surface area contributed by atoms with Gasteiger partial charge in [-0.15, -0.1) is 0 Å². The maximum absolute atomic E-state index is 11.8. The number of aliphatic carboxylic acids is 1. The normalized spacial score (nSPS) is 10.7. The minimum absolute atomic E-state index is 0.0126. The van der Waals surface area contributed by atoms with E-state index in [4.69, 9.17) is 5.11 Å². The van der Waals surface area contributed by atoms with Crippen molar-refractivity contribution >= 4 is 11.9 Å². The molecule has 0 heterocycles. The Hall–Kier alpha value is -1.88. The second kappa shape index (κ2) is 7.53. The van der Waals surface area contributed by atoms with E-state index in [9.17, 15) is 9.59 Å². The molecule has 0 radical (unpaired) electrons. The third-order valence-electron chi connectivity index (χ3n) is 2.75. The predicted molar refractivity (Wildman–Crippen MR) is 72.6 cm³/mol. The van der Waals surface area contributed by atoms with Gasteiger partial charge in [0.25, 0.3) is 0 Å². The highest BCUT2D eigenvalue weighted by atomic mass is 16.4. The van der Waals surface area contributed by atoms with Gasteiger partial charge >= 0.3 is 5.97 Å². The lowest BCUT2D eigenvalue weighted by molar-refractivity contribution is -0.139. The molecule has 0 aliphatic heterocycles. The van der Waals surface area contributed by atoms with E-state index in [0.717, 1.165) is 5.56 Å². The molecule has 5 nitrogen and oxygen atoms in total. The van der Waals surface area contributed by atoms with Crippen molar-refractivity contribution in [2.45, 2.75) is 26.4 Å². The molecule has 0 aromatic heterocycles. The summed E-state index contributed by atoms with van der Waals surface area (Å²) < 4.78 is 0. The minimum atomic E-state index is -0.926. The number of carboxylic acids is 1. The summed E-state index contributed by atoms with van der Waals surface area (Å²) in [6, 6.07) is 9.60. The van der Waals surface area contributed by atoms with Gasteiger partial charge in [0.15, 0.2) is 0 Å². The highest BCUT2D eigenvalue weighted by Gasteiger charge is 2.16. The maximum atomic E-state index is 11.8. The fourth-order valence-electron chi connectivity index (χ4n) is 1.63. The van der Waals surface area contributed by atoms with E-state index in [-0.39, 0.29) is 25.0 Å². The van der Waals surface area contributed by atoms with Crippen molar-refractivity contribution in [3.05, 3.63) is 35.9 Å². The number of amides is 1. The predicted octanol–water partition coefficient (Wildman–Crippen LogP) is 1.10. The van der Waals surface area contributed by atoms with Gasteiger partial charge in [0.05, 0.1) is 13.1 Å². The van der Waals surface area contributed by atoms with Gasteiger partial charge < -0.3 is 10.4 Å². The van der Waals surface area contributed by atoms with Crippen LogP contribution in [0.3, 0.4) is 0 Å². The summed E-state index contributed by atoms with van der Waals surface area (Å²) in [5, 5.41) is 11.6. The lowest BCUT2D eigenvalue weighted by Gasteiger charge is -2.23. The Bertz CT molecular complexity index is 418. The van der Waals surface area contributed by atoms with Crippen molar-refractivity contribution in [3.8, 4) is 0 Å². The molecule has 0 spiro atoms. The number of carbonyl (C=O) groups excluding carboxylic acids is 1. The molecule has 5 heteroatoms. The van der Waals surface area contributed by atoms with Crippen molar-refractivity contribution in [3.63, 3.8) is 0 Å². The van der Waals surface area contributed by atoms with Crippen LogP contribution in [0.1, 0.15) is 19.4 Å². The van der Waals surface area contributed by atoms with Crippen LogP contribution in [-0.4, -0.2) is 41.0 Å². The largest absolute Gasteiger partial charge is 0.480 e. The first-order valence-corrected chi connectivity index (χ1v) is 6.25. The second-order valence-electron chi connectivity index (χ2n) is 4.65. The average molecular weight is 264 g/mol. The third kappa shape index (κ3) is 6.01. The Labute approximate surface area is 113 Å². The van der Waals surface area contributed by atoms with Crippen LogP contribution < -0.4 is 5.32 Å². The van der Waals surface area contributed by atoms with Crippen molar-refractivity contribution < 1.29 is 14.7 Å². The lowest BCUT2D eigenvalue weighted by atomic mass is 10.2. The van der Waals surface area contributed by atoms with E-state index >= 15 is 0 Å². The van der Waals surface area contributed by atoms with Crippen LogP contribution in [0, 0.1) is 0 Å². The van der Waals surface area contributed by atoms with Gasteiger partial charge in [-0.3, -0.25) is 14.5 Å². The van der Waals surface area contributed by atoms with Crippen LogP contribution in [0.4, 0.5) is 0 Å². The van der Waals surface area contributed by atoms with Gasteiger partial charge in [-0.25, -0.2) is 0 Å². The number of nitrogens with one attached hydrogen (secondary N) is 1. The van der Waals surface area contributed by atoms with Crippen LogP contribution in [-0.2, 0) is 16.1 Å². The van der Waals surface area contributed by atoms with Crippen LogP contribution >= 0.6 is 0 Å². The SMILES string of the molecule is CC(C)N(CC(=O)O)CC(=O)NCc1ccccc1. The standard InChI is InChI=1S/C14H20N2O3/c1-11(2)16(10-14(18)19)9-13(17)15-8-12-6-4-3-5-7-12/h3-7,11H,8-10H2,1-2H3,(H,15,17)(H,18,19). The molecule has 0 atom stereocenters. The Kier molecular flexibility index (Phi) is 6.02. The van der Waals surface area contributed by atoms with Crippen molar-refractivity contribution in [2.24, 2.45) is 0 Å². The Morgan fingerprint density at radius 2 is 1.84 bits per heavy atom. The molecule has 0 aliphatic carbocycles. The summed E-state index contributed by atoms with van der Waals surface area (Å²) in [5.41, 5.74) is 1.02. The Balaban J connectivity index is 2.42. The van der Waals surface area contributed by atoms with E-state index < -0.39 is 5.97 Å². The molecule has 104 valence electrons. The molecular formula is C14H20N2O3. The summed E-state index contributed by atoms with van der Waals surface area (Å²) >= 11 is 0. The summed E-state index contributed by atoms with van der Waals surface area (Å²) in [6.07, 6.45) is 0. The molecule has 0 unspecified atom stereocenters. The highest BCUT2D eigenvalue weighted by molar-refractivity contribution is 5.79. The molecule has 1 aromatic carbocycles. The van der Waals surface area contributed by atoms with Gasteiger partial charge in [-0.05, 0) is 19.4 Å². The van der Waals surface area contributed by atoms with Gasteiger partial charge in [0.2, 0.25) is 5.91 Å². The number of hydrogen-bond acceptors (Lipinski definition) is 3. The number of carbonyl (C=O) groups is 2. The first-order valence-electron chi connectivity index (χ1n) is 6.25. The van der Waals surface area contributed by atoms with Crippen molar-refractivity contribution in [1.82, 2.24) is 10.2 Å². The van der Waals surface area contributed by atoms with E-state index in [1.807, 2.05) is 44.2 Å². The van der Waals surface area contributed by atoms with Gasteiger partial charge in [-0.1, -0.05) is 30.3 Å². The molecule has 0 saturated heterocycles. The quantitative estimate of drug-likeness (QED) is 0.773. The molecule has 1 rings (SSSR count). The molecule has 0 saturated carbocycles. The van der Waals surface area contributed by atoms with Gasteiger partial charge in [0, 0.05) is 12.6 Å². The minimum Gasteiger partial charge on any atom is -0.480 e. The molecule has 0 bridgehead atoms. The van der Waals surface area contributed by atoms with Gasteiger partial charge in [0.1, 0.15) is 0 Å². The van der Waals surface area contributed by atoms with Crippen LogP contribution in [0.25, 0.3) is 0 Å². The van der Waals surface area contributed by atoms with Crippen LogP contribution in [0.5, 0.6) is 0 Å². The Morgan fingerprint density at radius 1 is 1.21 bits per heavy atom. The van der Waals surface area contributed by atoms with Crippen molar-refractivity contribution in [1.29, 1.82) is 0 Å². The number of benzene rings is 1.